The van der Waals surface area contributed by atoms with Gasteiger partial charge in [0.2, 0.25) is 0 Å². The maximum Gasteiger partial charge on any atom is 0.262 e. The van der Waals surface area contributed by atoms with Crippen LogP contribution >= 0.6 is 0 Å². The number of hydrogen-bond acceptors (Lipinski definition) is 4. The maximum absolute atomic E-state index is 13.7. The fraction of sp³-hybridized carbons (Fsp3) is 0.286. The van der Waals surface area contributed by atoms with Gasteiger partial charge in [-0.3, -0.25) is 0 Å². The van der Waals surface area contributed by atoms with Gasteiger partial charge in [0.15, 0.2) is 0 Å². The minimum Gasteiger partial charge on any atom is -0.341 e. The molecular formula is C28H28F2N6. The highest BCUT2D eigenvalue weighted by Gasteiger charge is 2.41. The van der Waals surface area contributed by atoms with E-state index in [-0.39, 0.29) is 13.0 Å². The molecule has 0 bridgehead atoms. The highest BCUT2D eigenvalue weighted by molar-refractivity contribution is 6.05. The lowest BCUT2D eigenvalue weighted by Gasteiger charge is -2.06. The molecule has 8 heteroatoms. The first-order chi connectivity index (χ1) is 17.5. The summed E-state index contributed by atoms with van der Waals surface area (Å²) in [6.45, 7) is 3.54. The minimum atomic E-state index is -2.69. The lowest BCUT2D eigenvalue weighted by Crippen LogP contribution is -2.19. The highest BCUT2D eigenvalue weighted by atomic mass is 19.3. The molecule has 4 N–H and O–H groups in total. The number of aromatic nitrogens is 4. The first kappa shape index (κ1) is 22.8. The number of rotatable bonds is 7. The van der Waals surface area contributed by atoms with E-state index in [1.807, 2.05) is 18.3 Å². The van der Waals surface area contributed by atoms with Gasteiger partial charge in [0.1, 0.15) is 11.6 Å². The lowest BCUT2D eigenvalue weighted by molar-refractivity contribution is 0.0208. The predicted octanol–water partition coefficient (Wildman–Crippen LogP) is 5.94. The first-order valence-corrected chi connectivity index (χ1v) is 12.4. The normalized spacial score (nSPS) is 17.4. The third-order valence-corrected chi connectivity index (χ3v) is 6.80. The standard InChI is InChI=1S/C28H28F2N6/c1-2-11-31-15-25-32-14-24(34-25)18-5-3-17(4-6-18)19-7-9-21-20(12-19)8-10-22-26(21)36-27(35-22)23-13-28(29,30)16-33-23/h3-10,12,14,23,31,33H,2,11,13,15-16H2,1H3,(H,32,34)(H,35,36)/t23-/m0/s1. The summed E-state index contributed by atoms with van der Waals surface area (Å²) in [5.74, 6) is -1.19. The van der Waals surface area contributed by atoms with Crippen molar-refractivity contribution in [2.75, 3.05) is 13.1 Å². The molecule has 36 heavy (non-hydrogen) atoms. The molecule has 1 aliphatic heterocycles. The van der Waals surface area contributed by atoms with E-state index >= 15 is 0 Å². The second-order valence-electron chi connectivity index (χ2n) is 9.51. The number of aromatic amines is 2. The van der Waals surface area contributed by atoms with Crippen molar-refractivity contribution < 1.29 is 8.78 Å². The van der Waals surface area contributed by atoms with Crippen LogP contribution in [0.5, 0.6) is 0 Å². The molecule has 3 heterocycles. The molecule has 184 valence electrons. The van der Waals surface area contributed by atoms with Crippen LogP contribution in [-0.2, 0) is 6.54 Å². The molecule has 1 atom stereocenters. The Morgan fingerprint density at radius 1 is 1.00 bits per heavy atom. The summed E-state index contributed by atoms with van der Waals surface area (Å²) in [5.41, 5.74) is 5.98. The molecule has 5 aromatic rings. The van der Waals surface area contributed by atoms with Gasteiger partial charge in [0.25, 0.3) is 5.92 Å². The minimum absolute atomic E-state index is 0.236. The number of alkyl halides is 2. The van der Waals surface area contributed by atoms with Crippen molar-refractivity contribution in [3.63, 3.8) is 0 Å². The number of imidazole rings is 2. The van der Waals surface area contributed by atoms with Gasteiger partial charge >= 0.3 is 0 Å². The Kier molecular flexibility index (Phi) is 5.78. The number of benzene rings is 3. The van der Waals surface area contributed by atoms with Gasteiger partial charge in [-0.1, -0.05) is 49.4 Å². The summed E-state index contributed by atoms with van der Waals surface area (Å²) in [7, 11) is 0. The second-order valence-corrected chi connectivity index (χ2v) is 9.51. The predicted molar refractivity (Wildman–Crippen MR) is 139 cm³/mol. The van der Waals surface area contributed by atoms with Crippen molar-refractivity contribution in [2.24, 2.45) is 0 Å². The smallest absolute Gasteiger partial charge is 0.262 e. The quantitative estimate of drug-likeness (QED) is 0.215. The Hall–Kier alpha value is -3.62. The molecule has 6 nitrogen and oxygen atoms in total. The van der Waals surface area contributed by atoms with Crippen LogP contribution in [0.1, 0.15) is 37.5 Å². The SMILES string of the molecule is CCCNCc1ncc(-c2ccc(-c3ccc4c(ccc5[nH]c([C@@H]6CC(F)(F)CN6)nc54)c3)cc2)[nH]1. The Bertz CT molecular complexity index is 1520. The molecule has 1 aliphatic rings. The number of nitrogens with one attached hydrogen (secondary N) is 4. The van der Waals surface area contributed by atoms with Crippen LogP contribution in [0.15, 0.2) is 60.8 Å². The average molecular weight is 487 g/mol. The van der Waals surface area contributed by atoms with Crippen molar-refractivity contribution in [2.45, 2.75) is 38.3 Å². The molecule has 3 aromatic carbocycles. The monoisotopic (exact) mass is 486 g/mol. The van der Waals surface area contributed by atoms with Gasteiger partial charge in [-0.15, -0.1) is 0 Å². The molecule has 0 aliphatic carbocycles. The molecule has 1 fully saturated rings. The van der Waals surface area contributed by atoms with Crippen LogP contribution in [0, 0.1) is 0 Å². The highest BCUT2D eigenvalue weighted by Crippen LogP contribution is 2.35. The number of nitrogens with zero attached hydrogens (tertiary/aromatic N) is 2. The second kappa shape index (κ2) is 9.11. The largest absolute Gasteiger partial charge is 0.341 e. The first-order valence-electron chi connectivity index (χ1n) is 12.4. The van der Waals surface area contributed by atoms with E-state index in [9.17, 15) is 8.78 Å². The van der Waals surface area contributed by atoms with E-state index in [2.05, 4.69) is 75.0 Å². The van der Waals surface area contributed by atoms with Crippen molar-refractivity contribution in [3.8, 4) is 22.4 Å². The van der Waals surface area contributed by atoms with Gasteiger partial charge in [-0.2, -0.15) is 0 Å². The van der Waals surface area contributed by atoms with Crippen LogP contribution in [0.25, 0.3) is 44.2 Å². The number of halogens is 2. The summed E-state index contributed by atoms with van der Waals surface area (Å²) in [4.78, 5) is 15.8. The zero-order valence-electron chi connectivity index (χ0n) is 20.0. The van der Waals surface area contributed by atoms with Crippen LogP contribution < -0.4 is 10.6 Å². The Balaban J connectivity index is 1.24. The number of fused-ring (bicyclic) bond motifs is 3. The van der Waals surface area contributed by atoms with E-state index in [1.54, 1.807) is 0 Å². The van der Waals surface area contributed by atoms with E-state index in [0.29, 0.717) is 5.82 Å². The van der Waals surface area contributed by atoms with Crippen LogP contribution in [-0.4, -0.2) is 38.9 Å². The van der Waals surface area contributed by atoms with Crippen molar-refractivity contribution >= 4 is 21.8 Å². The van der Waals surface area contributed by atoms with Gasteiger partial charge in [-0.25, -0.2) is 18.7 Å². The molecule has 6 rings (SSSR count). The Morgan fingerprint density at radius 3 is 2.58 bits per heavy atom. The molecule has 2 aromatic heterocycles. The van der Waals surface area contributed by atoms with Crippen LogP contribution in [0.2, 0.25) is 0 Å². The summed E-state index contributed by atoms with van der Waals surface area (Å²) >= 11 is 0. The third-order valence-electron chi connectivity index (χ3n) is 6.80. The molecule has 0 unspecified atom stereocenters. The van der Waals surface area contributed by atoms with E-state index in [4.69, 9.17) is 4.98 Å². The molecule has 0 radical (unpaired) electrons. The van der Waals surface area contributed by atoms with Gasteiger partial charge in [-0.05, 0) is 47.2 Å². The van der Waals surface area contributed by atoms with Crippen molar-refractivity contribution in [3.05, 3.63) is 72.4 Å². The molecular weight excluding hydrogens is 458 g/mol. The summed E-state index contributed by atoms with van der Waals surface area (Å²) in [6, 6.07) is 18.3. The average Bonchev–Trinajstić information content (AvgIpc) is 3.62. The summed E-state index contributed by atoms with van der Waals surface area (Å²) in [6.07, 6.45) is 2.73. The molecule has 1 saturated heterocycles. The zero-order valence-corrected chi connectivity index (χ0v) is 20.0. The van der Waals surface area contributed by atoms with Crippen molar-refractivity contribution in [1.82, 2.24) is 30.6 Å². The molecule has 0 spiro atoms. The fourth-order valence-corrected chi connectivity index (χ4v) is 4.90. The van der Waals surface area contributed by atoms with Gasteiger partial charge in [0, 0.05) is 11.8 Å². The van der Waals surface area contributed by atoms with Crippen LogP contribution in [0.3, 0.4) is 0 Å². The van der Waals surface area contributed by atoms with Gasteiger partial charge in [0.05, 0.1) is 42.1 Å². The van der Waals surface area contributed by atoms with E-state index in [0.717, 1.165) is 69.5 Å². The molecule has 0 amide bonds. The fourth-order valence-electron chi connectivity index (χ4n) is 4.90. The number of H-pyrrole nitrogens is 2. The summed E-state index contributed by atoms with van der Waals surface area (Å²) in [5, 5.41) is 8.30. The lowest BCUT2D eigenvalue weighted by atomic mass is 9.99. The Morgan fingerprint density at radius 2 is 1.81 bits per heavy atom. The maximum atomic E-state index is 13.7. The Labute approximate surface area is 207 Å². The summed E-state index contributed by atoms with van der Waals surface area (Å²) < 4.78 is 27.3. The van der Waals surface area contributed by atoms with Crippen LogP contribution in [0.4, 0.5) is 8.78 Å². The van der Waals surface area contributed by atoms with Crippen molar-refractivity contribution in [1.29, 1.82) is 0 Å². The molecule has 0 saturated carbocycles. The van der Waals surface area contributed by atoms with E-state index < -0.39 is 12.0 Å². The third kappa shape index (κ3) is 4.38. The van der Waals surface area contributed by atoms with Gasteiger partial charge < -0.3 is 20.6 Å². The topological polar surface area (TPSA) is 81.4 Å². The zero-order chi connectivity index (χ0) is 24.7. The number of hydrogen-bond donors (Lipinski definition) is 4. The van der Waals surface area contributed by atoms with E-state index in [1.165, 1.54) is 0 Å².